The fraction of sp³-hybridized carbons (Fsp3) is 0.0769. The van der Waals surface area contributed by atoms with Crippen molar-refractivity contribution in [1.82, 2.24) is 15.2 Å². The van der Waals surface area contributed by atoms with Crippen molar-refractivity contribution in [2.75, 3.05) is 0 Å². The average molecular weight is 241 g/mol. The largest absolute Gasteiger partial charge is 0.285 e. The quantitative estimate of drug-likeness (QED) is 0.677. The molecule has 0 fully saturated rings. The third-order valence-corrected chi connectivity index (χ3v) is 2.98. The zero-order valence-corrected chi connectivity index (χ0v) is 9.92. The highest BCUT2D eigenvalue weighted by atomic mass is 32.1. The van der Waals surface area contributed by atoms with Gasteiger partial charge in [0.1, 0.15) is 5.82 Å². The van der Waals surface area contributed by atoms with E-state index in [1.165, 1.54) is 16.3 Å². The van der Waals surface area contributed by atoms with Gasteiger partial charge in [-0.3, -0.25) is 10.2 Å². The van der Waals surface area contributed by atoms with Crippen LogP contribution in [-0.2, 0) is 6.42 Å². The minimum atomic E-state index is 0.500. The van der Waals surface area contributed by atoms with Crippen molar-refractivity contribution >= 4 is 23.0 Å². The van der Waals surface area contributed by atoms with Crippen LogP contribution in [-0.4, -0.2) is 15.2 Å². The molecule has 0 aliphatic carbocycles. The standard InChI is InChI=1S/C13H11N3S/c17-13-14-12(15-16-13)8-10-6-3-5-9-4-1-2-7-11(9)10/h1-7H,8H2,(H2,14,15,16,17). The fourth-order valence-corrected chi connectivity index (χ4v) is 2.18. The van der Waals surface area contributed by atoms with E-state index in [9.17, 15) is 0 Å². The number of aromatic amines is 2. The molecule has 0 unspecified atom stereocenters. The SMILES string of the molecule is S=c1nc(Cc2cccc3ccccc23)[nH][nH]1. The van der Waals surface area contributed by atoms with Crippen molar-refractivity contribution in [3.63, 3.8) is 0 Å². The third kappa shape index (κ3) is 1.99. The Morgan fingerprint density at radius 2 is 1.82 bits per heavy atom. The molecule has 2 N–H and O–H groups in total. The van der Waals surface area contributed by atoms with Gasteiger partial charge in [0.15, 0.2) is 0 Å². The lowest BCUT2D eigenvalue weighted by Gasteiger charge is -2.04. The summed E-state index contributed by atoms with van der Waals surface area (Å²) in [5, 5.41) is 8.30. The Bertz CT molecular complexity index is 706. The van der Waals surface area contributed by atoms with E-state index in [0.717, 1.165) is 12.2 Å². The van der Waals surface area contributed by atoms with Gasteiger partial charge in [-0.25, -0.2) is 4.98 Å². The summed E-state index contributed by atoms with van der Waals surface area (Å²) in [4.78, 5) is 4.22. The van der Waals surface area contributed by atoms with Crippen LogP contribution in [0.2, 0.25) is 0 Å². The number of aromatic nitrogens is 3. The Labute approximate surface area is 104 Å². The van der Waals surface area contributed by atoms with Crippen LogP contribution in [0.5, 0.6) is 0 Å². The molecule has 0 atom stereocenters. The van der Waals surface area contributed by atoms with E-state index in [1.54, 1.807) is 0 Å². The summed E-state index contributed by atoms with van der Waals surface area (Å²) < 4.78 is 0.500. The van der Waals surface area contributed by atoms with Crippen LogP contribution in [0.15, 0.2) is 42.5 Å². The molecule has 4 heteroatoms. The maximum absolute atomic E-state index is 4.95. The fourth-order valence-electron chi connectivity index (χ4n) is 2.01. The molecule has 1 heterocycles. The summed E-state index contributed by atoms with van der Waals surface area (Å²) in [5.74, 6) is 0.867. The minimum Gasteiger partial charge on any atom is -0.285 e. The van der Waals surface area contributed by atoms with Gasteiger partial charge in [0.05, 0.1) is 0 Å². The third-order valence-electron chi connectivity index (χ3n) is 2.79. The number of fused-ring (bicyclic) bond motifs is 1. The Kier molecular flexibility index (Phi) is 2.49. The van der Waals surface area contributed by atoms with Gasteiger partial charge in [0.25, 0.3) is 0 Å². The molecule has 0 saturated carbocycles. The maximum Gasteiger partial charge on any atom is 0.213 e. The molecule has 1 aromatic heterocycles. The molecule has 0 radical (unpaired) electrons. The number of nitrogens with zero attached hydrogens (tertiary/aromatic N) is 1. The van der Waals surface area contributed by atoms with E-state index < -0.39 is 0 Å². The molecule has 84 valence electrons. The molecule has 3 nitrogen and oxygen atoms in total. The summed E-state index contributed by atoms with van der Waals surface area (Å²) in [5.41, 5.74) is 1.25. The highest BCUT2D eigenvalue weighted by Crippen LogP contribution is 2.19. The van der Waals surface area contributed by atoms with E-state index in [2.05, 4.69) is 51.6 Å². The highest BCUT2D eigenvalue weighted by Gasteiger charge is 2.03. The van der Waals surface area contributed by atoms with Crippen molar-refractivity contribution in [3.05, 3.63) is 58.6 Å². The summed E-state index contributed by atoms with van der Waals surface area (Å²) in [6, 6.07) is 14.7. The molecule has 2 aromatic carbocycles. The molecular formula is C13H11N3S. The average Bonchev–Trinajstić information content (AvgIpc) is 2.75. The molecule has 0 aliphatic rings. The van der Waals surface area contributed by atoms with Gasteiger partial charge in [-0.15, -0.1) is 0 Å². The van der Waals surface area contributed by atoms with Crippen LogP contribution in [0, 0.1) is 4.77 Å². The molecule has 3 rings (SSSR count). The van der Waals surface area contributed by atoms with Gasteiger partial charge in [0, 0.05) is 6.42 Å². The van der Waals surface area contributed by atoms with Crippen molar-refractivity contribution in [3.8, 4) is 0 Å². The summed E-state index contributed by atoms with van der Waals surface area (Å²) in [7, 11) is 0. The van der Waals surface area contributed by atoms with Crippen molar-refractivity contribution < 1.29 is 0 Å². The van der Waals surface area contributed by atoms with Gasteiger partial charge in [0.2, 0.25) is 4.77 Å². The first-order valence-electron chi connectivity index (χ1n) is 5.43. The first-order valence-corrected chi connectivity index (χ1v) is 5.84. The van der Waals surface area contributed by atoms with E-state index >= 15 is 0 Å². The number of hydrogen-bond acceptors (Lipinski definition) is 2. The van der Waals surface area contributed by atoms with Gasteiger partial charge >= 0.3 is 0 Å². The van der Waals surface area contributed by atoms with Gasteiger partial charge < -0.3 is 0 Å². The number of H-pyrrole nitrogens is 2. The predicted molar refractivity (Wildman–Crippen MR) is 70.5 cm³/mol. The van der Waals surface area contributed by atoms with Crippen molar-refractivity contribution in [2.24, 2.45) is 0 Å². The number of nitrogens with one attached hydrogen (secondary N) is 2. The van der Waals surface area contributed by atoms with Crippen LogP contribution < -0.4 is 0 Å². The van der Waals surface area contributed by atoms with E-state index in [0.29, 0.717) is 4.77 Å². The van der Waals surface area contributed by atoms with Gasteiger partial charge in [-0.05, 0) is 28.6 Å². The smallest absolute Gasteiger partial charge is 0.213 e. The maximum atomic E-state index is 4.95. The highest BCUT2D eigenvalue weighted by molar-refractivity contribution is 7.71. The number of hydrogen-bond donors (Lipinski definition) is 2. The first-order chi connectivity index (χ1) is 8.33. The zero-order valence-electron chi connectivity index (χ0n) is 9.10. The van der Waals surface area contributed by atoms with Gasteiger partial charge in [-0.2, -0.15) is 0 Å². The molecule has 0 saturated heterocycles. The summed E-state index contributed by atoms with van der Waals surface area (Å²) in [6.45, 7) is 0. The molecule has 0 spiro atoms. The number of benzene rings is 2. The summed E-state index contributed by atoms with van der Waals surface area (Å²) >= 11 is 4.95. The van der Waals surface area contributed by atoms with E-state index in [-0.39, 0.29) is 0 Å². The van der Waals surface area contributed by atoms with E-state index in [1.807, 2.05) is 6.07 Å². The Morgan fingerprint density at radius 3 is 2.65 bits per heavy atom. The number of rotatable bonds is 2. The molecule has 3 aromatic rings. The predicted octanol–water partition coefficient (Wildman–Crippen LogP) is 3.21. The van der Waals surface area contributed by atoms with Crippen LogP contribution in [0.25, 0.3) is 10.8 Å². The minimum absolute atomic E-state index is 0.500. The second-order valence-corrected chi connectivity index (χ2v) is 4.32. The lowest BCUT2D eigenvalue weighted by Crippen LogP contribution is -1.92. The monoisotopic (exact) mass is 241 g/mol. The van der Waals surface area contributed by atoms with Gasteiger partial charge in [-0.1, -0.05) is 42.5 Å². The van der Waals surface area contributed by atoms with E-state index in [4.69, 9.17) is 12.2 Å². The summed E-state index contributed by atoms with van der Waals surface area (Å²) in [6.07, 6.45) is 0.758. The second-order valence-electron chi connectivity index (χ2n) is 3.93. The van der Waals surface area contributed by atoms with Crippen LogP contribution in [0.1, 0.15) is 11.4 Å². The molecule has 17 heavy (non-hydrogen) atoms. The lowest BCUT2D eigenvalue weighted by atomic mass is 10.0. The topological polar surface area (TPSA) is 44.5 Å². The molecular weight excluding hydrogens is 230 g/mol. The molecule has 0 amide bonds. The second kappa shape index (κ2) is 4.14. The molecule has 0 aliphatic heterocycles. The van der Waals surface area contributed by atoms with Crippen LogP contribution in [0.3, 0.4) is 0 Å². The Hall–Kier alpha value is -1.94. The van der Waals surface area contributed by atoms with Crippen molar-refractivity contribution in [1.29, 1.82) is 0 Å². The van der Waals surface area contributed by atoms with Crippen molar-refractivity contribution in [2.45, 2.75) is 6.42 Å². The lowest BCUT2D eigenvalue weighted by molar-refractivity contribution is 0.976. The Balaban J connectivity index is 2.08. The van der Waals surface area contributed by atoms with Crippen LogP contribution >= 0.6 is 12.2 Å². The first kappa shape index (κ1) is 10.2. The Morgan fingerprint density at radius 1 is 1.00 bits per heavy atom. The zero-order chi connectivity index (χ0) is 11.7. The van der Waals surface area contributed by atoms with Crippen LogP contribution in [0.4, 0.5) is 0 Å². The normalized spacial score (nSPS) is 10.8. The molecule has 0 bridgehead atoms.